The highest BCUT2D eigenvalue weighted by Crippen LogP contribution is 2.31. The van der Waals surface area contributed by atoms with Gasteiger partial charge in [-0.25, -0.2) is 0 Å². The Morgan fingerprint density at radius 2 is 2.11 bits per heavy atom. The van der Waals surface area contributed by atoms with Gasteiger partial charge in [0.1, 0.15) is 0 Å². The Kier molecular flexibility index (Phi) is 2.45. The van der Waals surface area contributed by atoms with E-state index in [9.17, 15) is 0 Å². The highest BCUT2D eigenvalue weighted by Gasteiger charge is 2.14. The van der Waals surface area contributed by atoms with Gasteiger partial charge in [0.25, 0.3) is 0 Å². The molecular weight excluding hydrogens is 224 g/mol. The predicted molar refractivity (Wildman–Crippen MR) is 73.1 cm³/mol. The molecule has 0 aliphatic heterocycles. The zero-order chi connectivity index (χ0) is 12.7. The van der Waals surface area contributed by atoms with Crippen molar-refractivity contribution in [3.63, 3.8) is 0 Å². The highest BCUT2D eigenvalue weighted by atomic mass is 15.3. The molecule has 18 heavy (non-hydrogen) atoms. The number of para-hydroxylation sites is 1. The minimum Gasteiger partial charge on any atom is -0.358 e. The zero-order valence-electron chi connectivity index (χ0n) is 10.6. The SMILES string of the molecule is Cc1[nH]c2ccccc2c1-c1cc(CN)n(C)n1. The van der Waals surface area contributed by atoms with Crippen LogP contribution in [0.5, 0.6) is 0 Å². The second-order valence-corrected chi connectivity index (χ2v) is 4.52. The maximum absolute atomic E-state index is 5.70. The number of nitrogens with zero attached hydrogens (tertiary/aromatic N) is 2. The summed E-state index contributed by atoms with van der Waals surface area (Å²) in [6, 6.07) is 10.3. The molecule has 0 aliphatic carbocycles. The van der Waals surface area contributed by atoms with Crippen LogP contribution in [0.15, 0.2) is 30.3 Å². The third kappa shape index (κ3) is 1.54. The van der Waals surface area contributed by atoms with E-state index in [0.717, 1.165) is 22.6 Å². The molecule has 0 aliphatic rings. The van der Waals surface area contributed by atoms with Crippen LogP contribution in [0, 0.1) is 6.92 Å². The van der Waals surface area contributed by atoms with Crippen molar-refractivity contribution in [3.8, 4) is 11.3 Å². The van der Waals surface area contributed by atoms with Gasteiger partial charge in [-0.1, -0.05) is 18.2 Å². The molecule has 4 nitrogen and oxygen atoms in total. The van der Waals surface area contributed by atoms with E-state index >= 15 is 0 Å². The Balaban J connectivity index is 2.27. The lowest BCUT2D eigenvalue weighted by atomic mass is 10.1. The molecule has 2 aromatic heterocycles. The first-order chi connectivity index (χ1) is 8.70. The van der Waals surface area contributed by atoms with Crippen LogP contribution in [0.1, 0.15) is 11.4 Å². The number of hydrogen-bond donors (Lipinski definition) is 2. The number of benzene rings is 1. The van der Waals surface area contributed by atoms with Gasteiger partial charge in [-0.15, -0.1) is 0 Å². The third-order valence-corrected chi connectivity index (χ3v) is 3.34. The van der Waals surface area contributed by atoms with Crippen molar-refractivity contribution in [1.82, 2.24) is 14.8 Å². The summed E-state index contributed by atoms with van der Waals surface area (Å²) in [7, 11) is 1.93. The first-order valence-corrected chi connectivity index (χ1v) is 6.01. The lowest BCUT2D eigenvalue weighted by Gasteiger charge is -1.96. The fraction of sp³-hybridized carbons (Fsp3) is 0.214. The smallest absolute Gasteiger partial charge is 0.0950 e. The first-order valence-electron chi connectivity index (χ1n) is 6.01. The first kappa shape index (κ1) is 11.0. The Labute approximate surface area is 105 Å². The summed E-state index contributed by atoms with van der Waals surface area (Å²) in [4.78, 5) is 3.39. The van der Waals surface area contributed by atoms with Crippen molar-refractivity contribution in [1.29, 1.82) is 0 Å². The van der Waals surface area contributed by atoms with Gasteiger partial charge in [0.2, 0.25) is 0 Å². The van der Waals surface area contributed by atoms with E-state index in [1.165, 1.54) is 10.9 Å². The molecule has 0 spiro atoms. The Morgan fingerprint density at radius 1 is 1.33 bits per heavy atom. The lowest BCUT2D eigenvalue weighted by Crippen LogP contribution is -2.03. The summed E-state index contributed by atoms with van der Waals surface area (Å²) in [6.07, 6.45) is 0. The molecule has 0 saturated heterocycles. The van der Waals surface area contributed by atoms with Crippen molar-refractivity contribution >= 4 is 10.9 Å². The highest BCUT2D eigenvalue weighted by molar-refractivity contribution is 5.96. The van der Waals surface area contributed by atoms with Crippen molar-refractivity contribution in [2.75, 3.05) is 0 Å². The van der Waals surface area contributed by atoms with Gasteiger partial charge in [-0.2, -0.15) is 5.10 Å². The summed E-state index contributed by atoms with van der Waals surface area (Å²) < 4.78 is 1.84. The van der Waals surface area contributed by atoms with Crippen molar-refractivity contribution in [3.05, 3.63) is 41.7 Å². The molecule has 2 heterocycles. The molecule has 0 atom stereocenters. The number of H-pyrrole nitrogens is 1. The number of fused-ring (bicyclic) bond motifs is 1. The minimum atomic E-state index is 0.505. The topological polar surface area (TPSA) is 59.6 Å². The Bertz CT molecular complexity index is 706. The fourth-order valence-corrected chi connectivity index (χ4v) is 2.43. The van der Waals surface area contributed by atoms with E-state index in [4.69, 9.17) is 5.73 Å². The van der Waals surface area contributed by atoms with Crippen LogP contribution < -0.4 is 5.73 Å². The van der Waals surface area contributed by atoms with E-state index < -0.39 is 0 Å². The van der Waals surface area contributed by atoms with Gasteiger partial charge in [-0.3, -0.25) is 4.68 Å². The summed E-state index contributed by atoms with van der Waals surface area (Å²) in [5, 5.41) is 5.76. The van der Waals surface area contributed by atoms with Crippen LogP contribution in [0.4, 0.5) is 0 Å². The Hall–Kier alpha value is -2.07. The quantitative estimate of drug-likeness (QED) is 0.722. The van der Waals surface area contributed by atoms with E-state index in [1.54, 1.807) is 0 Å². The number of aromatic amines is 1. The van der Waals surface area contributed by atoms with Crippen molar-refractivity contribution in [2.24, 2.45) is 12.8 Å². The number of aryl methyl sites for hydroxylation is 2. The summed E-state index contributed by atoms with van der Waals surface area (Å²) in [6.45, 7) is 2.58. The molecular formula is C14H16N4. The van der Waals surface area contributed by atoms with Crippen molar-refractivity contribution in [2.45, 2.75) is 13.5 Å². The third-order valence-electron chi connectivity index (χ3n) is 3.34. The largest absolute Gasteiger partial charge is 0.358 e. The van der Waals surface area contributed by atoms with Gasteiger partial charge >= 0.3 is 0 Å². The molecule has 1 aromatic carbocycles. The van der Waals surface area contributed by atoms with E-state index in [1.807, 2.05) is 23.9 Å². The van der Waals surface area contributed by atoms with Crippen LogP contribution in [-0.4, -0.2) is 14.8 Å². The average molecular weight is 240 g/mol. The molecule has 4 heteroatoms. The normalized spacial score (nSPS) is 11.3. The molecule has 0 radical (unpaired) electrons. The maximum Gasteiger partial charge on any atom is 0.0950 e. The van der Waals surface area contributed by atoms with Crippen LogP contribution in [0.3, 0.4) is 0 Å². The second kappa shape index (κ2) is 3.99. The predicted octanol–water partition coefficient (Wildman–Crippen LogP) is 2.34. The molecule has 0 fully saturated rings. The molecule has 92 valence electrons. The summed E-state index contributed by atoms with van der Waals surface area (Å²) in [5.74, 6) is 0. The summed E-state index contributed by atoms with van der Waals surface area (Å²) in [5.41, 5.74) is 11.2. The number of aromatic nitrogens is 3. The van der Waals surface area contributed by atoms with Crippen LogP contribution in [0.25, 0.3) is 22.2 Å². The number of nitrogens with one attached hydrogen (secondary N) is 1. The van der Waals surface area contributed by atoms with E-state index in [0.29, 0.717) is 6.54 Å². The standard InChI is InChI=1S/C14H16N4/c1-9-14(11-5-3-4-6-12(11)16-9)13-7-10(8-15)18(2)17-13/h3-7,16H,8,15H2,1-2H3. The lowest BCUT2D eigenvalue weighted by molar-refractivity contribution is 0.714. The number of hydrogen-bond acceptors (Lipinski definition) is 2. The van der Waals surface area contributed by atoms with Gasteiger partial charge < -0.3 is 10.7 Å². The Morgan fingerprint density at radius 3 is 2.83 bits per heavy atom. The van der Waals surface area contributed by atoms with Gasteiger partial charge in [0, 0.05) is 35.8 Å². The monoisotopic (exact) mass is 240 g/mol. The molecule has 0 bridgehead atoms. The second-order valence-electron chi connectivity index (χ2n) is 4.52. The van der Waals surface area contributed by atoms with E-state index in [2.05, 4.69) is 35.2 Å². The maximum atomic E-state index is 5.70. The van der Waals surface area contributed by atoms with Crippen LogP contribution >= 0.6 is 0 Å². The average Bonchev–Trinajstić information content (AvgIpc) is 2.88. The number of nitrogens with two attached hydrogens (primary N) is 1. The van der Waals surface area contributed by atoms with Gasteiger partial charge in [0.15, 0.2) is 0 Å². The van der Waals surface area contributed by atoms with E-state index in [-0.39, 0.29) is 0 Å². The zero-order valence-corrected chi connectivity index (χ0v) is 10.6. The molecule has 3 N–H and O–H groups in total. The molecule has 0 unspecified atom stereocenters. The molecule has 3 rings (SSSR count). The minimum absolute atomic E-state index is 0.505. The molecule has 3 aromatic rings. The van der Waals surface area contributed by atoms with Gasteiger partial charge in [0.05, 0.1) is 11.4 Å². The van der Waals surface area contributed by atoms with Crippen LogP contribution in [0.2, 0.25) is 0 Å². The van der Waals surface area contributed by atoms with Crippen LogP contribution in [-0.2, 0) is 13.6 Å². The number of rotatable bonds is 2. The van der Waals surface area contributed by atoms with Crippen molar-refractivity contribution < 1.29 is 0 Å². The molecule has 0 amide bonds. The summed E-state index contributed by atoms with van der Waals surface area (Å²) >= 11 is 0. The molecule has 0 saturated carbocycles. The van der Waals surface area contributed by atoms with Gasteiger partial charge in [-0.05, 0) is 19.1 Å². The fourth-order valence-electron chi connectivity index (χ4n) is 2.43.